The Labute approximate surface area is 150 Å². The van der Waals surface area contributed by atoms with E-state index in [1.54, 1.807) is 30.2 Å². The number of hydrogen-bond acceptors (Lipinski definition) is 10. The molecule has 11 heteroatoms. The Balaban J connectivity index is 1.54. The molecule has 8 nitrogen and oxygen atoms in total. The monoisotopic (exact) mass is 379 g/mol. The largest absolute Gasteiger partial charge is 0.300 e. The zero-order valence-corrected chi connectivity index (χ0v) is 15.0. The van der Waals surface area contributed by atoms with E-state index in [0.717, 1.165) is 10.1 Å². The van der Waals surface area contributed by atoms with E-state index in [9.17, 15) is 4.79 Å². The SMILES string of the molecule is CCSc1nnc(NC(=O)Cc2csc(Nc3ncccn3)n2)s1. The number of carbonyl (C=O) groups is 1. The predicted octanol–water partition coefficient (Wildman–Crippen LogP) is 2.82. The van der Waals surface area contributed by atoms with E-state index in [2.05, 4.69) is 35.8 Å². The molecule has 0 radical (unpaired) electrons. The van der Waals surface area contributed by atoms with Crippen LogP contribution in [0.15, 0.2) is 28.2 Å². The Bertz CT molecular complexity index is 805. The molecule has 0 bridgehead atoms. The first kappa shape index (κ1) is 16.7. The number of rotatable bonds is 7. The van der Waals surface area contributed by atoms with Crippen molar-refractivity contribution >= 4 is 56.6 Å². The van der Waals surface area contributed by atoms with Gasteiger partial charge >= 0.3 is 0 Å². The topological polar surface area (TPSA) is 106 Å². The molecule has 0 aromatic carbocycles. The van der Waals surface area contributed by atoms with Gasteiger partial charge in [0.25, 0.3) is 0 Å². The number of nitrogens with one attached hydrogen (secondary N) is 2. The molecule has 124 valence electrons. The molecule has 0 unspecified atom stereocenters. The average Bonchev–Trinajstić information content (AvgIpc) is 3.18. The van der Waals surface area contributed by atoms with Crippen LogP contribution < -0.4 is 10.6 Å². The highest BCUT2D eigenvalue weighted by molar-refractivity contribution is 8.01. The lowest BCUT2D eigenvalue weighted by Gasteiger charge is -1.99. The molecule has 0 fully saturated rings. The van der Waals surface area contributed by atoms with Crippen molar-refractivity contribution < 1.29 is 4.79 Å². The van der Waals surface area contributed by atoms with Gasteiger partial charge in [0, 0.05) is 17.8 Å². The number of nitrogens with zero attached hydrogens (tertiary/aromatic N) is 5. The Morgan fingerprint density at radius 3 is 2.88 bits per heavy atom. The van der Waals surface area contributed by atoms with Crippen molar-refractivity contribution in [2.24, 2.45) is 0 Å². The summed E-state index contributed by atoms with van der Waals surface area (Å²) in [6.07, 6.45) is 3.46. The van der Waals surface area contributed by atoms with Crippen LogP contribution in [0.25, 0.3) is 0 Å². The van der Waals surface area contributed by atoms with Crippen LogP contribution in [0, 0.1) is 0 Å². The van der Waals surface area contributed by atoms with E-state index in [-0.39, 0.29) is 12.3 Å². The zero-order chi connectivity index (χ0) is 16.8. The fraction of sp³-hybridized carbons (Fsp3) is 0.231. The summed E-state index contributed by atoms with van der Waals surface area (Å²) >= 11 is 4.35. The summed E-state index contributed by atoms with van der Waals surface area (Å²) in [5, 5.41) is 16.6. The van der Waals surface area contributed by atoms with E-state index >= 15 is 0 Å². The van der Waals surface area contributed by atoms with Crippen LogP contribution in [0.1, 0.15) is 12.6 Å². The fourth-order valence-electron chi connectivity index (χ4n) is 1.67. The first-order valence-electron chi connectivity index (χ1n) is 6.97. The molecule has 3 aromatic rings. The lowest BCUT2D eigenvalue weighted by Crippen LogP contribution is -2.14. The Kier molecular flexibility index (Phi) is 5.67. The molecule has 0 saturated carbocycles. The maximum Gasteiger partial charge on any atom is 0.232 e. The first-order chi connectivity index (χ1) is 11.7. The van der Waals surface area contributed by atoms with Crippen molar-refractivity contribution in [3.63, 3.8) is 0 Å². The minimum absolute atomic E-state index is 0.170. The standard InChI is InChI=1S/C13H13N7OS3/c1-2-22-13-20-19-12(24-13)17-9(21)6-8-7-23-11(16-8)18-10-14-4-3-5-15-10/h3-5,7H,2,6H2,1H3,(H,17,19,21)(H,14,15,16,18). The van der Waals surface area contributed by atoms with Crippen molar-refractivity contribution in [3.8, 4) is 0 Å². The van der Waals surface area contributed by atoms with Crippen molar-refractivity contribution in [2.75, 3.05) is 16.4 Å². The number of thiazole rings is 1. The van der Waals surface area contributed by atoms with Crippen LogP contribution in [-0.2, 0) is 11.2 Å². The molecule has 0 aliphatic carbocycles. The van der Waals surface area contributed by atoms with Gasteiger partial charge in [-0.15, -0.1) is 21.5 Å². The molecule has 3 rings (SSSR count). The highest BCUT2D eigenvalue weighted by Gasteiger charge is 2.11. The van der Waals surface area contributed by atoms with Crippen molar-refractivity contribution in [3.05, 3.63) is 29.5 Å². The second-order valence-electron chi connectivity index (χ2n) is 4.37. The summed E-state index contributed by atoms with van der Waals surface area (Å²) < 4.78 is 0.843. The molecular weight excluding hydrogens is 366 g/mol. The molecule has 0 saturated heterocycles. The van der Waals surface area contributed by atoms with Gasteiger partial charge in [0.05, 0.1) is 12.1 Å². The van der Waals surface area contributed by atoms with Crippen LogP contribution in [0.4, 0.5) is 16.2 Å². The number of thioether (sulfide) groups is 1. The Hall–Kier alpha value is -2.11. The first-order valence-corrected chi connectivity index (χ1v) is 9.65. The molecule has 3 aromatic heterocycles. The van der Waals surface area contributed by atoms with Crippen molar-refractivity contribution in [2.45, 2.75) is 17.7 Å². The number of anilines is 3. The molecule has 0 aliphatic heterocycles. The third kappa shape index (κ3) is 4.69. The third-order valence-corrected chi connectivity index (χ3v) is 5.26. The zero-order valence-electron chi connectivity index (χ0n) is 12.6. The van der Waals surface area contributed by atoms with Gasteiger partial charge in [0.15, 0.2) is 9.47 Å². The van der Waals surface area contributed by atoms with E-state index in [0.29, 0.717) is 21.9 Å². The Morgan fingerprint density at radius 2 is 2.08 bits per heavy atom. The second kappa shape index (κ2) is 8.13. The molecule has 1 amide bonds. The quantitative estimate of drug-likeness (QED) is 0.477. The molecular formula is C13H13N7OS3. The van der Waals surface area contributed by atoms with Crippen LogP contribution in [0.5, 0.6) is 0 Å². The molecule has 24 heavy (non-hydrogen) atoms. The van der Waals surface area contributed by atoms with Crippen molar-refractivity contribution in [1.82, 2.24) is 25.1 Å². The summed E-state index contributed by atoms with van der Waals surface area (Å²) in [4.78, 5) is 24.5. The molecule has 0 atom stereocenters. The lowest BCUT2D eigenvalue weighted by molar-refractivity contribution is -0.115. The van der Waals surface area contributed by atoms with Gasteiger partial charge in [-0.1, -0.05) is 30.0 Å². The summed E-state index contributed by atoms with van der Waals surface area (Å²) in [5.41, 5.74) is 0.670. The van der Waals surface area contributed by atoms with E-state index in [1.807, 2.05) is 12.3 Å². The summed E-state index contributed by atoms with van der Waals surface area (Å²) in [7, 11) is 0. The summed E-state index contributed by atoms with van der Waals surface area (Å²) in [5.74, 6) is 1.21. The predicted molar refractivity (Wildman–Crippen MR) is 96.1 cm³/mol. The minimum Gasteiger partial charge on any atom is -0.300 e. The van der Waals surface area contributed by atoms with Gasteiger partial charge in [-0.3, -0.25) is 4.79 Å². The molecule has 0 aliphatic rings. The van der Waals surface area contributed by atoms with E-state index < -0.39 is 0 Å². The van der Waals surface area contributed by atoms with Gasteiger partial charge in [-0.05, 0) is 11.8 Å². The third-order valence-electron chi connectivity index (χ3n) is 2.60. The highest BCUT2D eigenvalue weighted by atomic mass is 32.2. The number of aromatic nitrogens is 5. The van der Waals surface area contributed by atoms with Gasteiger partial charge in [0.2, 0.25) is 17.0 Å². The number of carbonyl (C=O) groups excluding carboxylic acids is 1. The normalized spacial score (nSPS) is 10.5. The average molecular weight is 379 g/mol. The minimum atomic E-state index is -0.174. The van der Waals surface area contributed by atoms with Gasteiger partial charge in [-0.2, -0.15) is 0 Å². The maximum absolute atomic E-state index is 12.1. The van der Waals surface area contributed by atoms with Gasteiger partial charge in [-0.25, -0.2) is 15.0 Å². The number of amides is 1. The smallest absolute Gasteiger partial charge is 0.232 e. The molecule has 3 heterocycles. The van der Waals surface area contributed by atoms with Gasteiger partial charge in [0.1, 0.15) is 0 Å². The van der Waals surface area contributed by atoms with E-state index in [4.69, 9.17) is 0 Å². The maximum atomic E-state index is 12.1. The summed E-state index contributed by atoms with van der Waals surface area (Å²) in [6, 6.07) is 1.74. The van der Waals surface area contributed by atoms with Crippen LogP contribution in [0.2, 0.25) is 0 Å². The number of hydrogen-bond donors (Lipinski definition) is 2. The van der Waals surface area contributed by atoms with Crippen LogP contribution in [0.3, 0.4) is 0 Å². The Morgan fingerprint density at radius 1 is 1.25 bits per heavy atom. The van der Waals surface area contributed by atoms with Gasteiger partial charge < -0.3 is 10.6 Å². The van der Waals surface area contributed by atoms with E-state index in [1.165, 1.54) is 22.7 Å². The second-order valence-corrected chi connectivity index (χ2v) is 7.72. The molecule has 0 spiro atoms. The highest BCUT2D eigenvalue weighted by Crippen LogP contribution is 2.25. The summed E-state index contributed by atoms with van der Waals surface area (Å²) in [6.45, 7) is 2.04. The lowest BCUT2D eigenvalue weighted by atomic mass is 10.3. The molecule has 2 N–H and O–H groups in total. The fourth-order valence-corrected chi connectivity index (χ4v) is 4.04. The van der Waals surface area contributed by atoms with Crippen LogP contribution >= 0.6 is 34.4 Å². The van der Waals surface area contributed by atoms with Crippen molar-refractivity contribution in [1.29, 1.82) is 0 Å². The van der Waals surface area contributed by atoms with Crippen LogP contribution in [-0.4, -0.2) is 36.8 Å².